The number of carbonyl (C=O) groups excluding carboxylic acids is 2. The Balaban J connectivity index is 1.34. The van der Waals surface area contributed by atoms with Crippen molar-refractivity contribution in [3.8, 4) is 0 Å². The molecule has 1 heterocycles. The number of benzene rings is 2. The third-order valence-corrected chi connectivity index (χ3v) is 7.40. The lowest BCUT2D eigenvalue weighted by Crippen LogP contribution is -2.34. The van der Waals surface area contributed by atoms with Crippen LogP contribution in [0.3, 0.4) is 0 Å². The number of amides is 1. The largest absolute Gasteiger partial charge is 0.325 e. The molecule has 1 atom stereocenters. The number of anilines is 1. The van der Waals surface area contributed by atoms with Crippen molar-refractivity contribution in [3.05, 3.63) is 59.7 Å². The lowest BCUT2D eigenvalue weighted by Gasteiger charge is -2.22. The molecule has 1 N–H and O–H groups in total. The number of aryl methyl sites for hydroxylation is 1. The average molecular weight is 452 g/mol. The Morgan fingerprint density at radius 3 is 2.19 bits per heavy atom. The molecule has 32 heavy (non-hydrogen) atoms. The van der Waals surface area contributed by atoms with Crippen molar-refractivity contribution in [2.75, 3.05) is 11.1 Å². The van der Waals surface area contributed by atoms with Gasteiger partial charge in [-0.2, -0.15) is 0 Å². The second kappa shape index (κ2) is 13.5. The number of fused-ring (bicyclic) bond motifs is 1. The van der Waals surface area contributed by atoms with E-state index in [-0.39, 0.29) is 11.7 Å². The summed E-state index contributed by atoms with van der Waals surface area (Å²) in [5, 5.41) is 2.94. The van der Waals surface area contributed by atoms with Gasteiger partial charge in [0.25, 0.3) is 0 Å². The van der Waals surface area contributed by atoms with E-state index in [1.807, 2.05) is 36.4 Å². The number of rotatable bonds is 13. The van der Waals surface area contributed by atoms with Crippen LogP contribution < -0.4 is 5.32 Å². The van der Waals surface area contributed by atoms with Gasteiger partial charge in [0.1, 0.15) is 5.92 Å². The minimum atomic E-state index is -0.624. The van der Waals surface area contributed by atoms with Gasteiger partial charge in [0.05, 0.1) is 0 Å². The van der Waals surface area contributed by atoms with E-state index in [0.717, 1.165) is 17.0 Å². The van der Waals surface area contributed by atoms with Gasteiger partial charge in [0.15, 0.2) is 5.78 Å². The predicted molar refractivity (Wildman–Crippen MR) is 136 cm³/mol. The van der Waals surface area contributed by atoms with E-state index in [2.05, 4.69) is 24.4 Å². The molecule has 1 unspecified atom stereocenters. The molecule has 0 radical (unpaired) electrons. The predicted octanol–water partition coefficient (Wildman–Crippen LogP) is 7.69. The van der Waals surface area contributed by atoms with Gasteiger partial charge in [0.2, 0.25) is 5.91 Å². The minimum Gasteiger partial charge on any atom is -0.325 e. The molecular weight excluding hydrogens is 414 g/mol. The first-order valence-electron chi connectivity index (χ1n) is 12.3. The zero-order valence-electron chi connectivity index (χ0n) is 19.4. The highest BCUT2D eigenvalue weighted by molar-refractivity contribution is 7.99. The van der Waals surface area contributed by atoms with Gasteiger partial charge in [-0.15, -0.1) is 11.8 Å². The Morgan fingerprint density at radius 2 is 1.50 bits per heavy atom. The number of hydrogen-bond acceptors (Lipinski definition) is 3. The van der Waals surface area contributed by atoms with Gasteiger partial charge in [-0.1, -0.05) is 95.0 Å². The van der Waals surface area contributed by atoms with Crippen molar-refractivity contribution in [2.45, 2.75) is 82.4 Å². The summed E-state index contributed by atoms with van der Waals surface area (Å²) in [5.41, 5.74) is 2.73. The van der Waals surface area contributed by atoms with Crippen LogP contribution in [0.1, 0.15) is 87.1 Å². The molecule has 0 aromatic heterocycles. The maximum atomic E-state index is 12.7. The number of thioether (sulfide) groups is 1. The molecule has 3 nitrogen and oxygen atoms in total. The fourth-order valence-electron chi connectivity index (χ4n) is 4.23. The zero-order chi connectivity index (χ0) is 22.6. The molecule has 3 rings (SSSR count). The minimum absolute atomic E-state index is 0.0746. The molecule has 0 fully saturated rings. The van der Waals surface area contributed by atoms with Gasteiger partial charge < -0.3 is 5.32 Å². The van der Waals surface area contributed by atoms with E-state index < -0.39 is 5.92 Å². The topological polar surface area (TPSA) is 46.2 Å². The van der Waals surface area contributed by atoms with Crippen LogP contribution in [0.2, 0.25) is 0 Å². The van der Waals surface area contributed by atoms with E-state index in [1.54, 1.807) is 11.8 Å². The average Bonchev–Trinajstić information content (AvgIpc) is 2.81. The smallest absolute Gasteiger partial charge is 0.236 e. The number of Topliss-reactive ketones (excluding diaryl/α,β-unsaturated/α-hetero) is 1. The Morgan fingerprint density at radius 1 is 0.875 bits per heavy atom. The molecular formula is C28H37NO2S. The van der Waals surface area contributed by atoms with Crippen LogP contribution in [-0.4, -0.2) is 17.4 Å². The Kier molecular flexibility index (Phi) is 10.3. The summed E-state index contributed by atoms with van der Waals surface area (Å²) in [4.78, 5) is 26.4. The highest BCUT2D eigenvalue weighted by atomic mass is 32.2. The summed E-state index contributed by atoms with van der Waals surface area (Å²) in [6.07, 6.45) is 14.6. The SMILES string of the molecule is CCCCCCCCCCCCc1ccc(NC(=O)C2CSc3ccccc3C2=O)cc1. The van der Waals surface area contributed by atoms with Crippen molar-refractivity contribution in [2.24, 2.45) is 5.92 Å². The van der Waals surface area contributed by atoms with Crippen LogP contribution >= 0.6 is 11.8 Å². The fourth-order valence-corrected chi connectivity index (χ4v) is 5.38. The van der Waals surface area contributed by atoms with Crippen molar-refractivity contribution in [1.82, 2.24) is 0 Å². The Hall–Kier alpha value is -2.07. The van der Waals surface area contributed by atoms with Gasteiger partial charge in [-0.25, -0.2) is 0 Å². The highest BCUT2D eigenvalue weighted by Crippen LogP contribution is 2.33. The Bertz CT molecular complexity index is 862. The van der Waals surface area contributed by atoms with Gasteiger partial charge in [0, 0.05) is 21.9 Å². The normalized spacial score (nSPS) is 15.4. The molecule has 172 valence electrons. The summed E-state index contributed by atoms with van der Waals surface area (Å²) in [6.45, 7) is 2.27. The number of hydrogen-bond donors (Lipinski definition) is 1. The highest BCUT2D eigenvalue weighted by Gasteiger charge is 2.33. The quantitative estimate of drug-likeness (QED) is 0.251. The standard InChI is InChI=1S/C28H37NO2S/c1-2-3-4-5-6-7-8-9-10-11-14-22-17-19-23(20-18-22)29-28(31)25-21-32-26-16-13-12-15-24(26)27(25)30/h12-13,15-20,25H,2-11,14,21H2,1H3,(H,29,31). The van der Waals surface area contributed by atoms with Crippen LogP contribution in [0.5, 0.6) is 0 Å². The summed E-state index contributed by atoms with van der Waals surface area (Å²) >= 11 is 1.58. The van der Waals surface area contributed by atoms with Crippen molar-refractivity contribution >= 4 is 29.1 Å². The monoisotopic (exact) mass is 451 g/mol. The van der Waals surface area contributed by atoms with Crippen molar-refractivity contribution in [1.29, 1.82) is 0 Å². The van der Waals surface area contributed by atoms with Gasteiger partial charge >= 0.3 is 0 Å². The maximum Gasteiger partial charge on any atom is 0.236 e. The molecule has 1 aliphatic heterocycles. The summed E-state index contributed by atoms with van der Waals surface area (Å²) in [6, 6.07) is 15.6. The summed E-state index contributed by atoms with van der Waals surface area (Å²) in [7, 11) is 0. The lowest BCUT2D eigenvalue weighted by molar-refractivity contribution is -0.118. The molecule has 1 amide bonds. The molecule has 0 saturated heterocycles. The third-order valence-electron chi connectivity index (χ3n) is 6.23. The second-order valence-corrected chi connectivity index (χ2v) is 9.90. The molecule has 0 bridgehead atoms. The molecule has 2 aromatic carbocycles. The van der Waals surface area contributed by atoms with Crippen molar-refractivity contribution < 1.29 is 9.59 Å². The van der Waals surface area contributed by atoms with E-state index in [0.29, 0.717) is 11.3 Å². The summed E-state index contributed by atoms with van der Waals surface area (Å²) in [5.74, 6) is -0.409. The first kappa shape index (κ1) is 24.6. The maximum absolute atomic E-state index is 12.7. The lowest BCUT2D eigenvalue weighted by atomic mass is 9.97. The first-order chi connectivity index (χ1) is 15.7. The molecule has 0 saturated carbocycles. The fraction of sp³-hybridized carbons (Fsp3) is 0.500. The molecule has 2 aromatic rings. The van der Waals surface area contributed by atoms with Crippen LogP contribution in [0.25, 0.3) is 0 Å². The van der Waals surface area contributed by atoms with E-state index in [9.17, 15) is 9.59 Å². The molecule has 1 aliphatic rings. The molecule has 0 aliphatic carbocycles. The molecule has 4 heteroatoms. The summed E-state index contributed by atoms with van der Waals surface area (Å²) < 4.78 is 0. The third kappa shape index (κ3) is 7.51. The first-order valence-corrected chi connectivity index (χ1v) is 13.3. The number of unbranched alkanes of at least 4 members (excludes halogenated alkanes) is 9. The van der Waals surface area contributed by atoms with Crippen LogP contribution in [0.4, 0.5) is 5.69 Å². The van der Waals surface area contributed by atoms with Gasteiger partial charge in [-0.3, -0.25) is 9.59 Å². The molecule has 0 spiro atoms. The zero-order valence-corrected chi connectivity index (χ0v) is 20.2. The van der Waals surface area contributed by atoms with Crippen LogP contribution in [0, 0.1) is 5.92 Å². The number of ketones is 1. The van der Waals surface area contributed by atoms with Crippen molar-refractivity contribution in [3.63, 3.8) is 0 Å². The van der Waals surface area contributed by atoms with E-state index in [1.165, 1.54) is 69.8 Å². The van der Waals surface area contributed by atoms with E-state index in [4.69, 9.17) is 0 Å². The number of carbonyl (C=O) groups is 2. The Labute approximate surface area is 197 Å². The van der Waals surface area contributed by atoms with Crippen LogP contribution in [-0.2, 0) is 11.2 Å². The second-order valence-electron chi connectivity index (χ2n) is 8.84. The van der Waals surface area contributed by atoms with Gasteiger partial charge in [-0.05, 0) is 36.6 Å². The number of nitrogens with one attached hydrogen (secondary N) is 1. The van der Waals surface area contributed by atoms with E-state index >= 15 is 0 Å². The van der Waals surface area contributed by atoms with Crippen LogP contribution in [0.15, 0.2) is 53.4 Å².